The fraction of sp³-hybridized carbons (Fsp3) is 0.0508. The van der Waals surface area contributed by atoms with Gasteiger partial charge in [-0.3, -0.25) is 0 Å². The Balaban J connectivity index is 1.26. The van der Waals surface area contributed by atoms with Crippen LogP contribution in [0, 0.1) is 0 Å². The molecule has 0 amide bonds. The fourth-order valence-electron chi connectivity index (χ4n) is 9.59. The lowest BCUT2D eigenvalue weighted by molar-refractivity contribution is 0.570. The molecule has 1 aliphatic rings. The van der Waals surface area contributed by atoms with Gasteiger partial charge < -0.3 is 9.80 Å². The quantitative estimate of drug-likeness (QED) is 0.142. The Bertz CT molecular complexity index is 3260. The van der Waals surface area contributed by atoms with E-state index < -0.39 is 0 Å². The first-order valence-corrected chi connectivity index (χ1v) is 21.2. The zero-order chi connectivity index (χ0) is 40.8. The maximum Gasteiger partial charge on any atom is 0.0642 e. The number of rotatable bonds is 8. The molecule has 2 nitrogen and oxygen atoms in total. The van der Waals surface area contributed by atoms with E-state index in [1.807, 2.05) is 0 Å². The van der Waals surface area contributed by atoms with Gasteiger partial charge in [-0.1, -0.05) is 164 Å². The van der Waals surface area contributed by atoms with Gasteiger partial charge in [0.1, 0.15) is 0 Å². The van der Waals surface area contributed by atoms with E-state index in [4.69, 9.17) is 0 Å². The average molecular weight is 781 g/mol. The Morgan fingerprint density at radius 1 is 0.361 bits per heavy atom. The van der Waals surface area contributed by atoms with Crippen LogP contribution in [0.4, 0.5) is 28.4 Å². The van der Waals surface area contributed by atoms with Gasteiger partial charge in [-0.2, -0.15) is 0 Å². The highest BCUT2D eigenvalue weighted by atomic mass is 15.2. The highest BCUT2D eigenvalue weighted by molar-refractivity contribution is 6.23. The Kier molecular flexibility index (Phi) is 9.05. The number of nitrogens with zero attached hydrogens (tertiary/aromatic N) is 2. The largest absolute Gasteiger partial charge is 0.332 e. The van der Waals surface area contributed by atoms with Gasteiger partial charge in [0.15, 0.2) is 0 Å². The van der Waals surface area contributed by atoms with Crippen molar-refractivity contribution in [2.75, 3.05) is 9.80 Å². The lowest BCUT2D eigenvalue weighted by Gasteiger charge is -2.42. The molecule has 0 spiro atoms. The summed E-state index contributed by atoms with van der Waals surface area (Å²) in [4.78, 5) is 4.90. The highest BCUT2D eigenvalue weighted by Gasteiger charge is 2.32. The van der Waals surface area contributed by atoms with Crippen LogP contribution < -0.4 is 9.80 Å². The SMILES string of the molecule is CC1(N(c2ccccc2)c2ccc3c(-c4ccc5ccccc5c4)c4cc(N(c5ccccc5)c5ccccc5)ccc4c(-c4ccc5ccccc5c4)c3c2)C=CC=CC1. The zero-order valence-electron chi connectivity index (χ0n) is 34.1. The molecule has 0 saturated heterocycles. The van der Waals surface area contributed by atoms with Gasteiger partial charge in [-0.05, 0) is 151 Å². The van der Waals surface area contributed by atoms with Gasteiger partial charge in [0.25, 0.3) is 0 Å². The first-order chi connectivity index (χ1) is 30.1. The van der Waals surface area contributed by atoms with E-state index in [-0.39, 0.29) is 5.54 Å². The molecule has 10 aromatic rings. The van der Waals surface area contributed by atoms with Crippen LogP contribution in [0.2, 0.25) is 0 Å². The molecular formula is C59H44N2. The van der Waals surface area contributed by atoms with E-state index in [9.17, 15) is 0 Å². The van der Waals surface area contributed by atoms with Crippen molar-refractivity contribution in [1.82, 2.24) is 0 Å². The normalized spacial score (nSPS) is 14.8. The lowest BCUT2D eigenvalue weighted by Crippen LogP contribution is -2.42. The summed E-state index contributed by atoms with van der Waals surface area (Å²) in [5.74, 6) is 0. The molecule has 0 fully saturated rings. The third kappa shape index (κ3) is 6.54. The smallest absolute Gasteiger partial charge is 0.0642 e. The van der Waals surface area contributed by atoms with Gasteiger partial charge in [0.2, 0.25) is 0 Å². The molecule has 2 heteroatoms. The van der Waals surface area contributed by atoms with Crippen molar-refractivity contribution < 1.29 is 0 Å². The zero-order valence-corrected chi connectivity index (χ0v) is 34.1. The molecular weight excluding hydrogens is 737 g/mol. The number of benzene rings is 10. The molecule has 0 aliphatic heterocycles. The number of hydrogen-bond donors (Lipinski definition) is 0. The third-order valence-corrected chi connectivity index (χ3v) is 12.5. The number of para-hydroxylation sites is 3. The molecule has 10 aromatic carbocycles. The second-order valence-electron chi connectivity index (χ2n) is 16.4. The summed E-state index contributed by atoms with van der Waals surface area (Å²) in [6.07, 6.45) is 9.89. The maximum atomic E-state index is 2.53. The van der Waals surface area contributed by atoms with Crippen LogP contribution >= 0.6 is 0 Å². The molecule has 0 bridgehead atoms. The number of anilines is 5. The molecule has 61 heavy (non-hydrogen) atoms. The highest BCUT2D eigenvalue weighted by Crippen LogP contribution is 2.49. The second kappa shape index (κ2) is 15.2. The standard InChI is InChI=1S/C59H44N2/c1-59(36-16-5-17-37-59)61(50-26-10-4-11-27-50)52-33-35-54-56(41-52)58(47-31-29-43-19-13-15-21-45(43)39-47)53-34-32-51(60(48-22-6-2-7-23-48)49-24-8-3-9-25-49)40-55(53)57(54)46-30-28-42-18-12-14-20-44(42)38-46/h2-36,38-41H,37H2,1H3. The van der Waals surface area contributed by atoms with Crippen LogP contribution in [-0.4, -0.2) is 5.54 Å². The van der Waals surface area contributed by atoms with E-state index in [2.05, 4.69) is 253 Å². The predicted octanol–water partition coefficient (Wildman–Crippen LogP) is 16.5. The molecule has 290 valence electrons. The molecule has 0 N–H and O–H groups in total. The first kappa shape index (κ1) is 36.4. The van der Waals surface area contributed by atoms with E-state index in [0.29, 0.717) is 0 Å². The van der Waals surface area contributed by atoms with Crippen LogP contribution in [0.3, 0.4) is 0 Å². The fourth-order valence-corrected chi connectivity index (χ4v) is 9.59. The maximum absolute atomic E-state index is 2.53. The Morgan fingerprint density at radius 2 is 0.820 bits per heavy atom. The van der Waals surface area contributed by atoms with Crippen LogP contribution in [-0.2, 0) is 0 Å². The number of fused-ring (bicyclic) bond motifs is 4. The summed E-state index contributed by atoms with van der Waals surface area (Å²) in [5.41, 5.74) is 10.2. The van der Waals surface area contributed by atoms with Gasteiger partial charge in [-0.15, -0.1) is 0 Å². The number of allylic oxidation sites excluding steroid dienone is 2. The van der Waals surface area contributed by atoms with Crippen LogP contribution in [0.1, 0.15) is 13.3 Å². The Morgan fingerprint density at radius 3 is 1.33 bits per heavy atom. The summed E-state index contributed by atoms with van der Waals surface area (Å²) in [6.45, 7) is 2.35. The third-order valence-electron chi connectivity index (χ3n) is 12.5. The summed E-state index contributed by atoms with van der Waals surface area (Å²) < 4.78 is 0. The van der Waals surface area contributed by atoms with Crippen molar-refractivity contribution in [3.63, 3.8) is 0 Å². The molecule has 11 rings (SSSR count). The molecule has 1 atom stereocenters. The van der Waals surface area contributed by atoms with Gasteiger partial charge in [0.05, 0.1) is 5.54 Å². The van der Waals surface area contributed by atoms with Crippen molar-refractivity contribution in [2.45, 2.75) is 18.9 Å². The summed E-state index contributed by atoms with van der Waals surface area (Å²) in [7, 11) is 0. The summed E-state index contributed by atoms with van der Waals surface area (Å²) >= 11 is 0. The summed E-state index contributed by atoms with van der Waals surface area (Å²) in [5, 5.41) is 9.78. The first-order valence-electron chi connectivity index (χ1n) is 21.2. The minimum Gasteiger partial charge on any atom is -0.332 e. The monoisotopic (exact) mass is 780 g/mol. The van der Waals surface area contributed by atoms with E-state index in [1.54, 1.807) is 0 Å². The average Bonchev–Trinajstić information content (AvgIpc) is 3.32. The van der Waals surface area contributed by atoms with Crippen molar-refractivity contribution in [3.05, 3.63) is 237 Å². The van der Waals surface area contributed by atoms with Crippen LogP contribution in [0.5, 0.6) is 0 Å². The Labute approximate surface area is 357 Å². The Hall–Kier alpha value is -7.68. The van der Waals surface area contributed by atoms with Crippen LogP contribution in [0.15, 0.2) is 237 Å². The number of hydrogen-bond acceptors (Lipinski definition) is 2. The van der Waals surface area contributed by atoms with Crippen molar-refractivity contribution in [2.24, 2.45) is 0 Å². The predicted molar refractivity (Wildman–Crippen MR) is 262 cm³/mol. The minimum atomic E-state index is -0.266. The van der Waals surface area contributed by atoms with Gasteiger partial charge in [0, 0.05) is 28.4 Å². The van der Waals surface area contributed by atoms with E-state index in [1.165, 1.54) is 71.0 Å². The van der Waals surface area contributed by atoms with Gasteiger partial charge in [-0.25, -0.2) is 0 Å². The second-order valence-corrected chi connectivity index (χ2v) is 16.4. The minimum absolute atomic E-state index is 0.266. The van der Waals surface area contributed by atoms with Crippen LogP contribution in [0.25, 0.3) is 65.3 Å². The van der Waals surface area contributed by atoms with Crippen molar-refractivity contribution in [3.8, 4) is 22.3 Å². The van der Waals surface area contributed by atoms with Crippen molar-refractivity contribution >= 4 is 71.5 Å². The molecule has 0 heterocycles. The molecule has 1 unspecified atom stereocenters. The van der Waals surface area contributed by atoms with E-state index in [0.717, 1.165) is 29.2 Å². The molecule has 1 aliphatic carbocycles. The summed E-state index contributed by atoms with van der Waals surface area (Å²) in [6, 6.07) is 77.9. The topological polar surface area (TPSA) is 6.48 Å². The van der Waals surface area contributed by atoms with E-state index >= 15 is 0 Å². The molecule has 0 radical (unpaired) electrons. The molecule has 0 saturated carbocycles. The molecule has 0 aromatic heterocycles. The lowest BCUT2D eigenvalue weighted by atomic mass is 9.84. The van der Waals surface area contributed by atoms with Gasteiger partial charge >= 0.3 is 0 Å². The van der Waals surface area contributed by atoms with Crippen molar-refractivity contribution in [1.29, 1.82) is 0 Å².